The molecule has 0 fully saturated rings. The molecule has 0 aliphatic heterocycles. The largest absolute Gasteiger partial charge is 0.463 e. The van der Waals surface area contributed by atoms with Crippen LogP contribution < -0.4 is 0 Å². The maximum Gasteiger partial charge on any atom is 0.330 e. The molecule has 1 unspecified atom stereocenters. The van der Waals surface area contributed by atoms with Gasteiger partial charge in [-0.05, 0) is 39.0 Å². The molecule has 0 saturated heterocycles. The number of rotatable bonds is 3. The van der Waals surface area contributed by atoms with E-state index in [4.69, 9.17) is 4.74 Å². The molecule has 2 nitrogen and oxygen atoms in total. The lowest BCUT2D eigenvalue weighted by Crippen LogP contribution is -2.04. The smallest absolute Gasteiger partial charge is 0.330 e. The van der Waals surface area contributed by atoms with E-state index in [1.54, 1.807) is 6.08 Å². The molecular weight excluding hydrogens is 176 g/mol. The highest BCUT2D eigenvalue weighted by Gasteiger charge is 2.09. The molecule has 0 aromatic carbocycles. The van der Waals surface area contributed by atoms with E-state index in [1.165, 1.54) is 5.57 Å². The Labute approximate surface area is 85.6 Å². The molecule has 0 N–H and O–H groups in total. The standard InChI is InChI=1S/C12H18O2/c1-3-14-12(13)9-8-11-6-4-10(2)5-7-11/h4,8-9,11H,3,5-7H2,1-2H3/b9-8-. The van der Waals surface area contributed by atoms with E-state index in [9.17, 15) is 4.79 Å². The van der Waals surface area contributed by atoms with Crippen LogP contribution in [0.1, 0.15) is 33.1 Å². The van der Waals surface area contributed by atoms with Crippen LogP contribution in [-0.2, 0) is 9.53 Å². The summed E-state index contributed by atoms with van der Waals surface area (Å²) in [5.41, 5.74) is 1.46. The molecule has 2 heteroatoms. The van der Waals surface area contributed by atoms with E-state index in [-0.39, 0.29) is 5.97 Å². The number of carbonyl (C=O) groups is 1. The summed E-state index contributed by atoms with van der Waals surface area (Å²) in [7, 11) is 0. The molecule has 0 bridgehead atoms. The monoisotopic (exact) mass is 194 g/mol. The van der Waals surface area contributed by atoms with Gasteiger partial charge in [0.2, 0.25) is 0 Å². The molecule has 0 aromatic rings. The van der Waals surface area contributed by atoms with Crippen LogP contribution in [0.2, 0.25) is 0 Å². The van der Waals surface area contributed by atoms with E-state index in [1.807, 2.05) is 13.0 Å². The van der Waals surface area contributed by atoms with Crippen molar-refractivity contribution >= 4 is 5.97 Å². The third-order valence-electron chi connectivity index (χ3n) is 2.47. The Kier molecular flexibility index (Phi) is 4.44. The van der Waals surface area contributed by atoms with E-state index >= 15 is 0 Å². The van der Waals surface area contributed by atoms with E-state index in [2.05, 4.69) is 13.0 Å². The first kappa shape index (κ1) is 11.0. The van der Waals surface area contributed by atoms with Gasteiger partial charge in [-0.15, -0.1) is 0 Å². The summed E-state index contributed by atoms with van der Waals surface area (Å²) in [6.07, 6.45) is 9.14. The zero-order valence-electron chi connectivity index (χ0n) is 8.95. The minimum atomic E-state index is -0.223. The first-order valence-corrected chi connectivity index (χ1v) is 5.23. The summed E-state index contributed by atoms with van der Waals surface area (Å²) in [5.74, 6) is 0.293. The topological polar surface area (TPSA) is 26.3 Å². The van der Waals surface area contributed by atoms with Gasteiger partial charge in [0, 0.05) is 6.08 Å². The molecule has 78 valence electrons. The maximum atomic E-state index is 11.0. The third kappa shape index (κ3) is 3.77. The molecule has 0 saturated carbocycles. The molecule has 0 amide bonds. The van der Waals surface area contributed by atoms with Crippen molar-refractivity contribution in [1.82, 2.24) is 0 Å². The van der Waals surface area contributed by atoms with Crippen molar-refractivity contribution in [3.05, 3.63) is 23.8 Å². The Morgan fingerprint density at radius 2 is 2.50 bits per heavy atom. The predicted molar refractivity (Wildman–Crippen MR) is 56.9 cm³/mol. The minimum absolute atomic E-state index is 0.223. The quantitative estimate of drug-likeness (QED) is 0.392. The lowest BCUT2D eigenvalue weighted by molar-refractivity contribution is -0.137. The van der Waals surface area contributed by atoms with Gasteiger partial charge in [-0.1, -0.05) is 17.7 Å². The van der Waals surface area contributed by atoms with Crippen LogP contribution in [0.3, 0.4) is 0 Å². The lowest BCUT2D eigenvalue weighted by atomic mass is 9.90. The molecule has 14 heavy (non-hydrogen) atoms. The zero-order chi connectivity index (χ0) is 10.4. The molecule has 0 spiro atoms. The molecule has 1 rings (SSSR count). The van der Waals surface area contributed by atoms with Gasteiger partial charge >= 0.3 is 5.97 Å². The molecule has 0 heterocycles. The maximum absolute atomic E-state index is 11.0. The van der Waals surface area contributed by atoms with Crippen LogP contribution in [0.4, 0.5) is 0 Å². The van der Waals surface area contributed by atoms with Gasteiger partial charge < -0.3 is 4.74 Å². The Morgan fingerprint density at radius 3 is 3.07 bits per heavy atom. The number of hydrogen-bond donors (Lipinski definition) is 0. The Bertz CT molecular complexity index is 251. The second-order valence-electron chi connectivity index (χ2n) is 3.70. The number of esters is 1. The van der Waals surface area contributed by atoms with Crippen molar-refractivity contribution < 1.29 is 9.53 Å². The highest BCUT2D eigenvalue weighted by Crippen LogP contribution is 2.23. The Morgan fingerprint density at radius 1 is 1.71 bits per heavy atom. The van der Waals surface area contributed by atoms with Crippen LogP contribution >= 0.6 is 0 Å². The highest BCUT2D eigenvalue weighted by molar-refractivity contribution is 5.81. The van der Waals surface area contributed by atoms with Crippen LogP contribution in [-0.4, -0.2) is 12.6 Å². The van der Waals surface area contributed by atoms with E-state index in [0.717, 1.165) is 19.3 Å². The SMILES string of the molecule is CCOC(=O)/C=C\C1CC=C(C)CC1. The van der Waals surface area contributed by atoms with Crippen molar-refractivity contribution in [3.63, 3.8) is 0 Å². The molecule has 1 aliphatic carbocycles. The van der Waals surface area contributed by atoms with Crippen LogP contribution in [0, 0.1) is 5.92 Å². The van der Waals surface area contributed by atoms with Crippen molar-refractivity contribution in [3.8, 4) is 0 Å². The third-order valence-corrected chi connectivity index (χ3v) is 2.47. The summed E-state index contributed by atoms with van der Waals surface area (Å²) >= 11 is 0. The van der Waals surface area contributed by atoms with Crippen molar-refractivity contribution in [1.29, 1.82) is 0 Å². The summed E-state index contributed by atoms with van der Waals surface area (Å²) in [5, 5.41) is 0. The van der Waals surface area contributed by atoms with Crippen LogP contribution in [0.25, 0.3) is 0 Å². The van der Waals surface area contributed by atoms with Gasteiger partial charge in [-0.2, -0.15) is 0 Å². The van der Waals surface area contributed by atoms with Gasteiger partial charge in [0.25, 0.3) is 0 Å². The molecule has 0 radical (unpaired) electrons. The van der Waals surface area contributed by atoms with Gasteiger partial charge in [-0.3, -0.25) is 0 Å². The molecular formula is C12H18O2. The van der Waals surface area contributed by atoms with Crippen LogP contribution in [0.15, 0.2) is 23.8 Å². The highest BCUT2D eigenvalue weighted by atomic mass is 16.5. The number of allylic oxidation sites excluding steroid dienone is 3. The van der Waals surface area contributed by atoms with Crippen LogP contribution in [0.5, 0.6) is 0 Å². The average Bonchev–Trinajstić information content (AvgIpc) is 2.17. The predicted octanol–water partition coefficient (Wildman–Crippen LogP) is 2.85. The number of ether oxygens (including phenoxy) is 1. The van der Waals surface area contributed by atoms with E-state index in [0.29, 0.717) is 12.5 Å². The first-order valence-electron chi connectivity index (χ1n) is 5.23. The Hall–Kier alpha value is -1.05. The second kappa shape index (κ2) is 5.63. The normalized spacial score (nSPS) is 22.1. The number of carbonyl (C=O) groups excluding carboxylic acids is 1. The fourth-order valence-corrected chi connectivity index (χ4v) is 1.57. The summed E-state index contributed by atoms with van der Waals surface area (Å²) in [6, 6.07) is 0. The van der Waals surface area contributed by atoms with Gasteiger partial charge in [0.05, 0.1) is 6.61 Å². The first-order chi connectivity index (χ1) is 6.72. The van der Waals surface area contributed by atoms with Gasteiger partial charge in [0.15, 0.2) is 0 Å². The van der Waals surface area contributed by atoms with Gasteiger partial charge in [0.1, 0.15) is 0 Å². The fourth-order valence-electron chi connectivity index (χ4n) is 1.57. The Balaban J connectivity index is 2.34. The summed E-state index contributed by atoms with van der Waals surface area (Å²) in [4.78, 5) is 11.0. The second-order valence-corrected chi connectivity index (χ2v) is 3.70. The van der Waals surface area contributed by atoms with Gasteiger partial charge in [-0.25, -0.2) is 4.79 Å². The lowest BCUT2D eigenvalue weighted by Gasteiger charge is -2.16. The summed E-state index contributed by atoms with van der Waals surface area (Å²) in [6.45, 7) is 4.43. The minimum Gasteiger partial charge on any atom is -0.463 e. The fraction of sp³-hybridized carbons (Fsp3) is 0.583. The zero-order valence-corrected chi connectivity index (χ0v) is 8.95. The van der Waals surface area contributed by atoms with Crippen molar-refractivity contribution in [2.24, 2.45) is 5.92 Å². The molecule has 0 aromatic heterocycles. The number of hydrogen-bond acceptors (Lipinski definition) is 2. The van der Waals surface area contributed by atoms with Crippen molar-refractivity contribution in [2.75, 3.05) is 6.61 Å². The summed E-state index contributed by atoms with van der Waals surface area (Å²) < 4.78 is 4.81. The van der Waals surface area contributed by atoms with E-state index < -0.39 is 0 Å². The molecule has 1 aliphatic rings. The molecule has 1 atom stereocenters. The average molecular weight is 194 g/mol. The van der Waals surface area contributed by atoms with Crippen molar-refractivity contribution in [2.45, 2.75) is 33.1 Å².